The van der Waals surface area contributed by atoms with Gasteiger partial charge in [0.25, 0.3) is 0 Å². The fourth-order valence-corrected chi connectivity index (χ4v) is 3.48. The van der Waals surface area contributed by atoms with Crippen LogP contribution in [0.5, 0.6) is 0 Å². The Hall–Kier alpha value is -1.59. The van der Waals surface area contributed by atoms with Crippen molar-refractivity contribution >= 4 is 23.4 Å². The number of rotatable bonds is 2. The standard InChI is InChI=1S/C18H23ClN2O3/c1-20-10-11-24-18(13-17(20)23)6-8-21(9-7-18)16(22)12-14-2-4-15(19)5-3-14/h2-5H,6-13H2,1H3. The molecule has 0 aliphatic carbocycles. The number of benzene rings is 1. The van der Waals surface area contributed by atoms with Gasteiger partial charge >= 0.3 is 0 Å². The number of hydrogen-bond acceptors (Lipinski definition) is 3. The summed E-state index contributed by atoms with van der Waals surface area (Å²) in [6, 6.07) is 7.37. The first-order valence-electron chi connectivity index (χ1n) is 8.38. The summed E-state index contributed by atoms with van der Waals surface area (Å²) in [6.45, 7) is 2.49. The van der Waals surface area contributed by atoms with Crippen LogP contribution in [0, 0.1) is 0 Å². The first-order chi connectivity index (χ1) is 11.5. The average molecular weight is 351 g/mol. The molecule has 2 amide bonds. The van der Waals surface area contributed by atoms with Gasteiger partial charge in [-0.3, -0.25) is 9.59 Å². The summed E-state index contributed by atoms with van der Waals surface area (Å²) in [5, 5.41) is 0.672. The molecule has 3 rings (SSSR count). The van der Waals surface area contributed by atoms with Gasteiger partial charge in [0, 0.05) is 31.7 Å². The molecule has 0 unspecified atom stereocenters. The topological polar surface area (TPSA) is 49.9 Å². The Morgan fingerprint density at radius 3 is 2.54 bits per heavy atom. The van der Waals surface area contributed by atoms with Gasteiger partial charge in [0.2, 0.25) is 11.8 Å². The minimum atomic E-state index is -0.390. The van der Waals surface area contributed by atoms with E-state index in [4.69, 9.17) is 16.3 Å². The van der Waals surface area contributed by atoms with Gasteiger partial charge in [-0.25, -0.2) is 0 Å². The van der Waals surface area contributed by atoms with E-state index in [1.54, 1.807) is 17.0 Å². The SMILES string of the molecule is CN1CCOC2(CCN(C(=O)Cc3ccc(Cl)cc3)CC2)CC1=O. The number of carbonyl (C=O) groups is 2. The van der Waals surface area contributed by atoms with E-state index < -0.39 is 0 Å². The van der Waals surface area contributed by atoms with Crippen molar-refractivity contribution in [1.29, 1.82) is 0 Å². The summed E-state index contributed by atoms with van der Waals surface area (Å²) in [4.78, 5) is 28.2. The molecule has 0 saturated carbocycles. The second-order valence-corrected chi connectivity index (χ2v) is 7.14. The number of likely N-dealkylation sites (N-methyl/N-ethyl adjacent to an activating group) is 1. The Labute approximate surface area is 147 Å². The molecule has 2 saturated heterocycles. The van der Waals surface area contributed by atoms with Crippen LogP contribution in [0.2, 0.25) is 5.02 Å². The number of piperidine rings is 1. The molecule has 2 fully saturated rings. The maximum atomic E-state index is 12.5. The van der Waals surface area contributed by atoms with Gasteiger partial charge in [-0.1, -0.05) is 23.7 Å². The van der Waals surface area contributed by atoms with E-state index in [1.807, 2.05) is 24.1 Å². The number of hydrogen-bond donors (Lipinski definition) is 0. The van der Waals surface area contributed by atoms with Crippen molar-refractivity contribution in [1.82, 2.24) is 9.80 Å². The lowest BCUT2D eigenvalue weighted by Gasteiger charge is -2.40. The van der Waals surface area contributed by atoms with Crippen LogP contribution in [0.4, 0.5) is 0 Å². The molecule has 130 valence electrons. The predicted octanol–water partition coefficient (Wildman–Crippen LogP) is 2.12. The van der Waals surface area contributed by atoms with Crippen molar-refractivity contribution in [2.75, 3.05) is 33.3 Å². The fourth-order valence-electron chi connectivity index (χ4n) is 3.36. The lowest BCUT2D eigenvalue weighted by Crippen LogP contribution is -2.49. The zero-order chi connectivity index (χ0) is 17.2. The number of carbonyl (C=O) groups excluding carboxylic acids is 2. The van der Waals surface area contributed by atoms with Crippen LogP contribution in [0.1, 0.15) is 24.8 Å². The smallest absolute Gasteiger partial charge is 0.226 e. The molecular weight excluding hydrogens is 328 g/mol. The van der Waals surface area contributed by atoms with E-state index in [1.165, 1.54) is 0 Å². The molecule has 1 spiro atoms. The summed E-state index contributed by atoms with van der Waals surface area (Å²) in [7, 11) is 1.81. The van der Waals surface area contributed by atoms with Crippen LogP contribution < -0.4 is 0 Å². The molecule has 24 heavy (non-hydrogen) atoms. The van der Waals surface area contributed by atoms with Crippen molar-refractivity contribution < 1.29 is 14.3 Å². The molecule has 0 N–H and O–H groups in total. The van der Waals surface area contributed by atoms with Gasteiger partial charge in [0.15, 0.2) is 0 Å². The van der Waals surface area contributed by atoms with E-state index in [2.05, 4.69) is 0 Å². The summed E-state index contributed by atoms with van der Waals surface area (Å²) < 4.78 is 6.02. The summed E-state index contributed by atoms with van der Waals surface area (Å²) in [6.07, 6.45) is 2.24. The molecule has 0 aromatic heterocycles. The third-order valence-electron chi connectivity index (χ3n) is 5.03. The van der Waals surface area contributed by atoms with Gasteiger partial charge in [0.05, 0.1) is 25.0 Å². The van der Waals surface area contributed by atoms with Crippen molar-refractivity contribution in [2.24, 2.45) is 0 Å². The van der Waals surface area contributed by atoms with Crippen LogP contribution in [-0.4, -0.2) is 60.5 Å². The van der Waals surface area contributed by atoms with E-state index in [0.717, 1.165) is 18.4 Å². The number of halogens is 1. The highest BCUT2D eigenvalue weighted by atomic mass is 35.5. The molecule has 6 heteroatoms. The second-order valence-electron chi connectivity index (χ2n) is 6.71. The van der Waals surface area contributed by atoms with E-state index >= 15 is 0 Å². The lowest BCUT2D eigenvalue weighted by atomic mass is 9.87. The molecule has 0 radical (unpaired) electrons. The third kappa shape index (κ3) is 3.90. The zero-order valence-corrected chi connectivity index (χ0v) is 14.7. The highest BCUT2D eigenvalue weighted by Gasteiger charge is 2.40. The first-order valence-corrected chi connectivity index (χ1v) is 8.75. The van der Waals surface area contributed by atoms with E-state index in [9.17, 15) is 9.59 Å². The van der Waals surface area contributed by atoms with Crippen LogP contribution in [0.3, 0.4) is 0 Å². The molecule has 0 atom stereocenters. The lowest BCUT2D eigenvalue weighted by molar-refractivity contribution is -0.140. The van der Waals surface area contributed by atoms with Gasteiger partial charge in [0.1, 0.15) is 0 Å². The molecular formula is C18H23ClN2O3. The maximum absolute atomic E-state index is 12.5. The molecule has 0 bridgehead atoms. The van der Waals surface area contributed by atoms with Crippen molar-refractivity contribution in [3.8, 4) is 0 Å². The number of likely N-dealkylation sites (tertiary alicyclic amines) is 1. The number of amides is 2. The normalized spacial score (nSPS) is 21.0. The summed E-state index contributed by atoms with van der Waals surface area (Å²) >= 11 is 5.87. The number of ether oxygens (including phenoxy) is 1. The predicted molar refractivity (Wildman–Crippen MR) is 91.9 cm³/mol. The van der Waals surface area contributed by atoms with Gasteiger partial charge in [-0.15, -0.1) is 0 Å². The van der Waals surface area contributed by atoms with Gasteiger partial charge in [-0.05, 0) is 30.5 Å². The minimum absolute atomic E-state index is 0.115. The highest BCUT2D eigenvalue weighted by molar-refractivity contribution is 6.30. The van der Waals surface area contributed by atoms with E-state index in [0.29, 0.717) is 44.1 Å². The summed E-state index contributed by atoms with van der Waals surface area (Å²) in [5.74, 6) is 0.248. The van der Waals surface area contributed by atoms with Crippen LogP contribution in [-0.2, 0) is 20.7 Å². The molecule has 1 aromatic rings. The molecule has 2 aliphatic rings. The Morgan fingerprint density at radius 1 is 1.21 bits per heavy atom. The van der Waals surface area contributed by atoms with Crippen LogP contribution in [0.25, 0.3) is 0 Å². The van der Waals surface area contributed by atoms with Gasteiger partial charge in [-0.2, -0.15) is 0 Å². The Morgan fingerprint density at radius 2 is 1.88 bits per heavy atom. The molecule has 2 aliphatic heterocycles. The van der Waals surface area contributed by atoms with Crippen LogP contribution in [0.15, 0.2) is 24.3 Å². The molecule has 1 aromatic carbocycles. The molecule has 5 nitrogen and oxygen atoms in total. The Balaban J connectivity index is 1.57. The van der Waals surface area contributed by atoms with Crippen molar-refractivity contribution in [3.63, 3.8) is 0 Å². The van der Waals surface area contributed by atoms with Gasteiger partial charge < -0.3 is 14.5 Å². The molecule has 2 heterocycles. The fraction of sp³-hybridized carbons (Fsp3) is 0.556. The summed E-state index contributed by atoms with van der Waals surface area (Å²) in [5.41, 5.74) is 0.575. The maximum Gasteiger partial charge on any atom is 0.226 e. The van der Waals surface area contributed by atoms with E-state index in [-0.39, 0.29) is 17.4 Å². The van der Waals surface area contributed by atoms with Crippen molar-refractivity contribution in [3.05, 3.63) is 34.9 Å². The Kier molecular flexibility index (Phi) is 5.11. The Bertz CT molecular complexity index is 609. The quantitative estimate of drug-likeness (QED) is 0.821. The number of nitrogens with zero attached hydrogens (tertiary/aromatic N) is 2. The minimum Gasteiger partial charge on any atom is -0.372 e. The first kappa shape index (κ1) is 17.2. The van der Waals surface area contributed by atoms with Crippen LogP contribution >= 0.6 is 11.6 Å². The zero-order valence-electron chi connectivity index (χ0n) is 14.0. The van der Waals surface area contributed by atoms with Crippen molar-refractivity contribution in [2.45, 2.75) is 31.3 Å². The largest absolute Gasteiger partial charge is 0.372 e. The monoisotopic (exact) mass is 350 g/mol. The highest BCUT2D eigenvalue weighted by Crippen LogP contribution is 2.32. The second kappa shape index (κ2) is 7.11. The third-order valence-corrected chi connectivity index (χ3v) is 5.28. The average Bonchev–Trinajstić information content (AvgIpc) is 2.70.